The van der Waals surface area contributed by atoms with Crippen molar-refractivity contribution >= 4 is 23.2 Å². The van der Waals surface area contributed by atoms with Crippen molar-refractivity contribution in [3.63, 3.8) is 0 Å². The lowest BCUT2D eigenvalue weighted by Gasteiger charge is -2.19. The highest BCUT2D eigenvalue weighted by Crippen LogP contribution is 2.34. The zero-order valence-electron chi connectivity index (χ0n) is 17.9. The molecule has 7 heteroatoms. The maximum absolute atomic E-state index is 12.8. The van der Waals surface area contributed by atoms with Gasteiger partial charge in [0.1, 0.15) is 5.75 Å². The molecule has 1 saturated carbocycles. The van der Waals surface area contributed by atoms with Crippen molar-refractivity contribution in [1.29, 1.82) is 0 Å². The molecule has 1 atom stereocenters. The van der Waals surface area contributed by atoms with Gasteiger partial charge in [0.2, 0.25) is 11.8 Å². The van der Waals surface area contributed by atoms with Crippen LogP contribution in [-0.2, 0) is 9.59 Å². The van der Waals surface area contributed by atoms with Crippen molar-refractivity contribution in [3.05, 3.63) is 42.5 Å². The number of rotatable bonds is 7. The molecule has 1 unspecified atom stereocenters. The van der Waals surface area contributed by atoms with E-state index in [0.717, 1.165) is 18.6 Å². The third-order valence-electron chi connectivity index (χ3n) is 5.88. The molecule has 2 aliphatic rings. The van der Waals surface area contributed by atoms with E-state index in [0.29, 0.717) is 29.4 Å². The third-order valence-corrected chi connectivity index (χ3v) is 5.88. The van der Waals surface area contributed by atoms with Gasteiger partial charge >= 0.3 is 0 Å². The molecule has 0 spiro atoms. The summed E-state index contributed by atoms with van der Waals surface area (Å²) in [5.74, 6) is 1.20. The number of ether oxygens (including phenoxy) is 3. The maximum atomic E-state index is 12.8. The molecule has 1 heterocycles. The Hall–Kier alpha value is -3.22. The highest BCUT2D eigenvalue weighted by Gasteiger charge is 2.35. The first-order valence-corrected chi connectivity index (χ1v) is 10.7. The summed E-state index contributed by atoms with van der Waals surface area (Å²) in [6.45, 7) is 0.318. The lowest BCUT2D eigenvalue weighted by Crippen LogP contribution is -2.28. The maximum Gasteiger partial charge on any atom is 0.229 e. The fourth-order valence-electron chi connectivity index (χ4n) is 4.22. The Bertz CT molecular complexity index is 955. The predicted octanol–water partition coefficient (Wildman–Crippen LogP) is 4.02. The molecule has 0 aromatic heterocycles. The topological polar surface area (TPSA) is 77.1 Å². The molecule has 1 N–H and O–H groups in total. The minimum atomic E-state index is -0.431. The molecular formula is C24H28N2O5. The molecule has 4 rings (SSSR count). The van der Waals surface area contributed by atoms with Crippen LogP contribution in [0, 0.1) is 5.92 Å². The molecule has 1 saturated heterocycles. The minimum Gasteiger partial charge on any atom is -0.493 e. The molecule has 2 amide bonds. The molecule has 1 aliphatic carbocycles. The Morgan fingerprint density at radius 1 is 1.03 bits per heavy atom. The van der Waals surface area contributed by atoms with Gasteiger partial charge in [-0.15, -0.1) is 0 Å². The second-order valence-corrected chi connectivity index (χ2v) is 7.99. The standard InChI is InChI=1S/C24H28N2O5/c1-29-21-11-10-18(14-22(21)30-2)26-15-16(12-23(26)27)24(28)25-17-6-5-9-20(13-17)31-19-7-3-4-8-19/h5-6,9-11,13-14,16,19H,3-4,7-8,12,15H2,1-2H3,(H,25,28). The number of carbonyl (C=O) groups excluding carboxylic acids is 2. The van der Waals surface area contributed by atoms with E-state index in [2.05, 4.69) is 5.32 Å². The SMILES string of the molecule is COc1ccc(N2CC(C(=O)Nc3cccc(OC4CCCC4)c3)CC2=O)cc1OC. The third kappa shape index (κ3) is 4.76. The molecular weight excluding hydrogens is 396 g/mol. The summed E-state index contributed by atoms with van der Waals surface area (Å²) < 4.78 is 16.6. The molecule has 0 bridgehead atoms. The van der Waals surface area contributed by atoms with Crippen LogP contribution in [0.2, 0.25) is 0 Å². The lowest BCUT2D eigenvalue weighted by atomic mass is 10.1. The average molecular weight is 424 g/mol. The summed E-state index contributed by atoms with van der Waals surface area (Å²) in [4.78, 5) is 27.1. The van der Waals surface area contributed by atoms with E-state index >= 15 is 0 Å². The number of hydrogen-bond acceptors (Lipinski definition) is 5. The number of nitrogens with zero attached hydrogens (tertiary/aromatic N) is 1. The average Bonchev–Trinajstić information content (AvgIpc) is 3.43. The Morgan fingerprint density at radius 3 is 2.55 bits per heavy atom. The molecule has 2 aromatic carbocycles. The number of hydrogen-bond donors (Lipinski definition) is 1. The summed E-state index contributed by atoms with van der Waals surface area (Å²) in [6.07, 6.45) is 4.98. The number of amides is 2. The van der Waals surface area contributed by atoms with E-state index < -0.39 is 5.92 Å². The van der Waals surface area contributed by atoms with Gasteiger partial charge in [0.25, 0.3) is 0 Å². The van der Waals surface area contributed by atoms with Crippen molar-refractivity contribution in [1.82, 2.24) is 0 Å². The smallest absolute Gasteiger partial charge is 0.229 e. The highest BCUT2D eigenvalue weighted by molar-refractivity contribution is 6.03. The molecule has 2 aromatic rings. The molecule has 1 aliphatic heterocycles. The van der Waals surface area contributed by atoms with Crippen LogP contribution >= 0.6 is 0 Å². The first kappa shape index (κ1) is 21.0. The second kappa shape index (κ2) is 9.29. The van der Waals surface area contributed by atoms with E-state index in [1.165, 1.54) is 12.8 Å². The molecule has 7 nitrogen and oxygen atoms in total. The quantitative estimate of drug-likeness (QED) is 0.727. The Kier molecular flexibility index (Phi) is 6.30. The van der Waals surface area contributed by atoms with Crippen LogP contribution in [-0.4, -0.2) is 38.7 Å². The predicted molar refractivity (Wildman–Crippen MR) is 118 cm³/mol. The normalized spacial score (nSPS) is 18.8. The van der Waals surface area contributed by atoms with Gasteiger partial charge in [-0.25, -0.2) is 0 Å². The van der Waals surface area contributed by atoms with Crippen molar-refractivity contribution < 1.29 is 23.8 Å². The zero-order chi connectivity index (χ0) is 21.8. The lowest BCUT2D eigenvalue weighted by molar-refractivity contribution is -0.122. The van der Waals surface area contributed by atoms with Crippen LogP contribution in [0.4, 0.5) is 11.4 Å². The summed E-state index contributed by atoms with van der Waals surface area (Å²) >= 11 is 0. The minimum absolute atomic E-state index is 0.0920. The highest BCUT2D eigenvalue weighted by atomic mass is 16.5. The fourth-order valence-corrected chi connectivity index (χ4v) is 4.22. The van der Waals surface area contributed by atoms with Crippen molar-refractivity contribution in [2.45, 2.75) is 38.2 Å². The van der Waals surface area contributed by atoms with Crippen LogP contribution in [0.15, 0.2) is 42.5 Å². The van der Waals surface area contributed by atoms with E-state index in [1.807, 2.05) is 24.3 Å². The number of anilines is 2. The molecule has 31 heavy (non-hydrogen) atoms. The van der Waals surface area contributed by atoms with Crippen LogP contribution in [0.1, 0.15) is 32.1 Å². The number of methoxy groups -OCH3 is 2. The Labute approximate surface area is 182 Å². The number of benzene rings is 2. The number of nitrogens with one attached hydrogen (secondary N) is 1. The first-order chi connectivity index (χ1) is 15.1. The van der Waals surface area contributed by atoms with Gasteiger partial charge in [0.05, 0.1) is 26.2 Å². The summed E-state index contributed by atoms with van der Waals surface area (Å²) in [5.41, 5.74) is 1.36. The second-order valence-electron chi connectivity index (χ2n) is 7.99. The molecule has 0 radical (unpaired) electrons. The molecule has 164 valence electrons. The van der Waals surface area contributed by atoms with Crippen molar-refractivity contribution in [2.75, 3.05) is 31.0 Å². The van der Waals surface area contributed by atoms with Gasteiger partial charge in [-0.2, -0.15) is 0 Å². The van der Waals surface area contributed by atoms with E-state index in [-0.39, 0.29) is 24.3 Å². The largest absolute Gasteiger partial charge is 0.493 e. The van der Waals surface area contributed by atoms with Crippen LogP contribution in [0.3, 0.4) is 0 Å². The monoisotopic (exact) mass is 424 g/mol. The first-order valence-electron chi connectivity index (χ1n) is 10.7. The van der Waals surface area contributed by atoms with E-state index in [1.54, 1.807) is 37.3 Å². The van der Waals surface area contributed by atoms with Crippen molar-refractivity contribution in [2.24, 2.45) is 5.92 Å². The summed E-state index contributed by atoms with van der Waals surface area (Å²) in [6, 6.07) is 12.8. The number of carbonyl (C=O) groups is 2. The van der Waals surface area contributed by atoms with Gasteiger partial charge in [0.15, 0.2) is 11.5 Å². The summed E-state index contributed by atoms with van der Waals surface area (Å²) in [7, 11) is 3.11. The summed E-state index contributed by atoms with van der Waals surface area (Å²) in [5, 5.41) is 2.94. The Morgan fingerprint density at radius 2 is 1.81 bits per heavy atom. The van der Waals surface area contributed by atoms with Gasteiger partial charge in [-0.05, 0) is 49.9 Å². The molecule has 2 fully saturated rings. The van der Waals surface area contributed by atoms with Gasteiger partial charge in [-0.3, -0.25) is 9.59 Å². The van der Waals surface area contributed by atoms with Gasteiger partial charge < -0.3 is 24.4 Å². The Balaban J connectivity index is 1.40. The van der Waals surface area contributed by atoms with Crippen molar-refractivity contribution in [3.8, 4) is 17.2 Å². The van der Waals surface area contributed by atoms with Gasteiger partial charge in [-0.1, -0.05) is 6.07 Å². The zero-order valence-corrected chi connectivity index (χ0v) is 17.9. The van der Waals surface area contributed by atoms with E-state index in [4.69, 9.17) is 14.2 Å². The van der Waals surface area contributed by atoms with Gasteiger partial charge in [0, 0.05) is 36.5 Å². The fraction of sp³-hybridized carbons (Fsp3) is 0.417. The van der Waals surface area contributed by atoms with Crippen LogP contribution < -0.4 is 24.4 Å². The van der Waals surface area contributed by atoms with E-state index in [9.17, 15) is 9.59 Å². The van der Waals surface area contributed by atoms with Crippen LogP contribution in [0.5, 0.6) is 17.2 Å². The van der Waals surface area contributed by atoms with Crippen LogP contribution in [0.25, 0.3) is 0 Å².